The number of pyridine rings is 1. The highest BCUT2D eigenvalue weighted by Gasteiger charge is 2.29. The molecule has 2 aromatic rings. The number of anilines is 1. The Morgan fingerprint density at radius 2 is 2.09 bits per heavy atom. The van der Waals surface area contributed by atoms with E-state index in [1.807, 2.05) is 0 Å². The lowest BCUT2D eigenvalue weighted by Crippen LogP contribution is -2.15. The predicted octanol–water partition coefficient (Wildman–Crippen LogP) is 1.62. The van der Waals surface area contributed by atoms with Gasteiger partial charge in [-0.3, -0.25) is 14.8 Å². The highest BCUT2D eigenvalue weighted by molar-refractivity contribution is 5.95. The Kier molecular flexibility index (Phi) is 4.56. The van der Waals surface area contributed by atoms with Gasteiger partial charge in [0.25, 0.3) is 0 Å². The second kappa shape index (κ2) is 6.95. The fourth-order valence-electron chi connectivity index (χ4n) is 1.99. The number of carbonyl (C=O) groups is 2. The van der Waals surface area contributed by atoms with Crippen molar-refractivity contribution in [1.82, 2.24) is 15.0 Å². The number of nitrogens with zero attached hydrogens (tertiary/aromatic N) is 3. The summed E-state index contributed by atoms with van der Waals surface area (Å²) in [6, 6.07) is 3.07. The number of rotatable bonds is 6. The third-order valence-corrected chi connectivity index (χ3v) is 3.40. The summed E-state index contributed by atoms with van der Waals surface area (Å²) in [5.41, 5.74) is 1.11. The summed E-state index contributed by atoms with van der Waals surface area (Å²) in [6.45, 7) is 0.212. The van der Waals surface area contributed by atoms with Crippen molar-refractivity contribution in [2.45, 2.75) is 19.3 Å². The first kappa shape index (κ1) is 15.1. The molecule has 3 rings (SSSR count). The van der Waals surface area contributed by atoms with Crippen LogP contribution >= 0.6 is 0 Å². The molecule has 0 spiro atoms. The lowest BCUT2D eigenvalue weighted by molar-refractivity contribution is -0.117. The van der Waals surface area contributed by atoms with Crippen molar-refractivity contribution in [3.8, 4) is 0 Å². The van der Waals surface area contributed by atoms with E-state index in [2.05, 4.69) is 20.3 Å². The van der Waals surface area contributed by atoms with Crippen molar-refractivity contribution in [1.29, 1.82) is 0 Å². The van der Waals surface area contributed by atoms with Crippen molar-refractivity contribution in [3.63, 3.8) is 0 Å². The van der Waals surface area contributed by atoms with E-state index in [1.165, 1.54) is 12.3 Å². The summed E-state index contributed by atoms with van der Waals surface area (Å²) < 4.78 is 5.20. The average Bonchev–Trinajstić information content (AvgIpc) is 3.41. The lowest BCUT2D eigenvalue weighted by atomic mass is 10.2. The molecule has 1 aliphatic rings. The molecule has 0 atom stereocenters. The first-order valence-electron chi connectivity index (χ1n) is 7.41. The van der Waals surface area contributed by atoms with Crippen molar-refractivity contribution < 1.29 is 14.3 Å². The summed E-state index contributed by atoms with van der Waals surface area (Å²) in [7, 11) is 0. The minimum absolute atomic E-state index is 0.0503. The number of ether oxygens (including phenoxy) is 1. The van der Waals surface area contributed by atoms with Crippen LogP contribution in [-0.4, -0.2) is 33.4 Å². The largest absolute Gasteiger partial charge is 0.462 e. The average molecular weight is 312 g/mol. The van der Waals surface area contributed by atoms with Gasteiger partial charge in [0, 0.05) is 37.1 Å². The molecule has 0 unspecified atom stereocenters. The SMILES string of the molecule is O=C(OCCc1cnccn1)c1ccnc(NC(=O)C2CC2)c1. The van der Waals surface area contributed by atoms with E-state index < -0.39 is 5.97 Å². The van der Waals surface area contributed by atoms with Gasteiger partial charge >= 0.3 is 5.97 Å². The lowest BCUT2D eigenvalue weighted by Gasteiger charge is -2.07. The molecule has 7 nitrogen and oxygen atoms in total. The van der Waals surface area contributed by atoms with E-state index in [9.17, 15) is 9.59 Å². The number of nitrogens with one attached hydrogen (secondary N) is 1. The minimum atomic E-state index is -0.460. The van der Waals surface area contributed by atoms with Gasteiger partial charge in [-0.1, -0.05) is 0 Å². The van der Waals surface area contributed by atoms with Crippen LogP contribution < -0.4 is 5.32 Å². The smallest absolute Gasteiger partial charge is 0.338 e. The van der Waals surface area contributed by atoms with Gasteiger partial charge in [-0.05, 0) is 25.0 Å². The fourth-order valence-corrected chi connectivity index (χ4v) is 1.99. The van der Waals surface area contributed by atoms with E-state index in [1.54, 1.807) is 24.7 Å². The number of esters is 1. The molecule has 0 aromatic carbocycles. The highest BCUT2D eigenvalue weighted by atomic mass is 16.5. The third-order valence-electron chi connectivity index (χ3n) is 3.40. The van der Waals surface area contributed by atoms with Crippen LogP contribution in [0.25, 0.3) is 0 Å². The molecule has 0 aliphatic heterocycles. The Hall–Kier alpha value is -2.83. The Morgan fingerprint density at radius 1 is 1.22 bits per heavy atom. The molecule has 118 valence electrons. The molecule has 1 amide bonds. The summed E-state index contributed by atoms with van der Waals surface area (Å²) in [6.07, 6.45) is 8.61. The van der Waals surface area contributed by atoms with Gasteiger partial charge in [0.05, 0.1) is 17.9 Å². The van der Waals surface area contributed by atoms with Crippen LogP contribution in [0.1, 0.15) is 28.9 Å². The zero-order valence-corrected chi connectivity index (χ0v) is 12.4. The number of amides is 1. The maximum Gasteiger partial charge on any atom is 0.338 e. The van der Waals surface area contributed by atoms with Crippen LogP contribution in [0.15, 0.2) is 36.9 Å². The van der Waals surface area contributed by atoms with E-state index in [-0.39, 0.29) is 18.4 Å². The van der Waals surface area contributed by atoms with Crippen LogP contribution in [0.2, 0.25) is 0 Å². The van der Waals surface area contributed by atoms with Gasteiger partial charge in [0.1, 0.15) is 5.82 Å². The normalized spacial score (nSPS) is 13.4. The number of hydrogen-bond donors (Lipinski definition) is 1. The summed E-state index contributed by atoms with van der Waals surface area (Å²) in [5, 5.41) is 2.70. The van der Waals surface area contributed by atoms with E-state index in [0.29, 0.717) is 17.8 Å². The topological polar surface area (TPSA) is 94.1 Å². The zero-order valence-electron chi connectivity index (χ0n) is 12.4. The van der Waals surface area contributed by atoms with Gasteiger partial charge in [-0.15, -0.1) is 0 Å². The maximum atomic E-state index is 12.0. The summed E-state index contributed by atoms with van der Waals surface area (Å²) >= 11 is 0. The number of aromatic nitrogens is 3. The molecular formula is C16H16N4O3. The molecule has 1 fully saturated rings. The monoisotopic (exact) mass is 312 g/mol. The van der Waals surface area contributed by atoms with Gasteiger partial charge < -0.3 is 10.1 Å². The molecular weight excluding hydrogens is 296 g/mol. The molecule has 1 aliphatic carbocycles. The Balaban J connectivity index is 1.53. The summed E-state index contributed by atoms with van der Waals surface area (Å²) in [5.74, 6) is -0.0615. The van der Waals surface area contributed by atoms with E-state index in [0.717, 1.165) is 18.5 Å². The Bertz CT molecular complexity index is 701. The van der Waals surface area contributed by atoms with Gasteiger partial charge in [0.2, 0.25) is 5.91 Å². The summed E-state index contributed by atoms with van der Waals surface area (Å²) in [4.78, 5) is 35.8. The van der Waals surface area contributed by atoms with Crippen LogP contribution in [0.5, 0.6) is 0 Å². The maximum absolute atomic E-state index is 12.0. The van der Waals surface area contributed by atoms with Gasteiger partial charge in [-0.2, -0.15) is 0 Å². The van der Waals surface area contributed by atoms with Crippen molar-refractivity contribution in [2.75, 3.05) is 11.9 Å². The Morgan fingerprint density at radius 3 is 2.83 bits per heavy atom. The molecule has 1 saturated carbocycles. The van der Waals surface area contributed by atoms with Crippen molar-refractivity contribution >= 4 is 17.7 Å². The minimum Gasteiger partial charge on any atom is -0.462 e. The van der Waals surface area contributed by atoms with Crippen LogP contribution in [0.4, 0.5) is 5.82 Å². The first-order chi connectivity index (χ1) is 11.2. The second-order valence-corrected chi connectivity index (χ2v) is 5.28. The van der Waals surface area contributed by atoms with Crippen LogP contribution in [0.3, 0.4) is 0 Å². The first-order valence-corrected chi connectivity index (χ1v) is 7.41. The number of carbonyl (C=O) groups excluding carboxylic acids is 2. The molecule has 2 aromatic heterocycles. The van der Waals surface area contributed by atoms with Crippen LogP contribution in [0, 0.1) is 5.92 Å². The Labute approximate surface area is 133 Å². The van der Waals surface area contributed by atoms with E-state index in [4.69, 9.17) is 4.74 Å². The quantitative estimate of drug-likeness (QED) is 0.815. The molecule has 0 saturated heterocycles. The molecule has 2 heterocycles. The van der Waals surface area contributed by atoms with E-state index >= 15 is 0 Å². The predicted molar refractivity (Wildman–Crippen MR) is 81.6 cm³/mol. The fraction of sp³-hybridized carbons (Fsp3) is 0.312. The standard InChI is InChI=1S/C16H16N4O3/c21-15(11-1-2-11)20-14-9-12(3-5-19-14)16(22)23-8-4-13-10-17-6-7-18-13/h3,5-7,9-11H,1-2,4,8H2,(H,19,20,21). The van der Waals surface area contributed by atoms with Crippen molar-refractivity contribution in [2.24, 2.45) is 5.92 Å². The second-order valence-electron chi connectivity index (χ2n) is 5.28. The molecule has 23 heavy (non-hydrogen) atoms. The zero-order chi connectivity index (χ0) is 16.1. The van der Waals surface area contributed by atoms with Crippen LogP contribution in [-0.2, 0) is 16.0 Å². The third kappa shape index (κ3) is 4.32. The number of hydrogen-bond acceptors (Lipinski definition) is 6. The molecule has 7 heteroatoms. The molecule has 1 N–H and O–H groups in total. The van der Waals surface area contributed by atoms with Gasteiger partial charge in [-0.25, -0.2) is 9.78 Å². The molecule has 0 bridgehead atoms. The van der Waals surface area contributed by atoms with Gasteiger partial charge in [0.15, 0.2) is 0 Å². The van der Waals surface area contributed by atoms with Crippen molar-refractivity contribution in [3.05, 3.63) is 48.2 Å². The highest BCUT2D eigenvalue weighted by Crippen LogP contribution is 2.29. The molecule has 0 radical (unpaired) electrons.